The number of ether oxygens (including phenoxy) is 1. The van der Waals surface area contributed by atoms with Gasteiger partial charge in [-0.05, 0) is 54.8 Å². The smallest absolute Gasteiger partial charge is 0.253 e. The minimum absolute atomic E-state index is 0.134. The Balaban J connectivity index is 1.46. The summed E-state index contributed by atoms with van der Waals surface area (Å²) in [5.41, 5.74) is 3.20. The zero-order valence-electron chi connectivity index (χ0n) is 16.1. The fourth-order valence-corrected chi connectivity index (χ4v) is 4.28. The van der Waals surface area contributed by atoms with Crippen LogP contribution in [0.3, 0.4) is 0 Å². The van der Waals surface area contributed by atoms with Crippen LogP contribution < -0.4 is 4.90 Å². The largest absolute Gasteiger partial charge is 0.378 e. The number of carbonyl (C=O) groups excluding carboxylic acids is 1. The molecule has 2 heterocycles. The van der Waals surface area contributed by atoms with E-state index in [-0.39, 0.29) is 5.91 Å². The average molecular weight is 399 g/mol. The van der Waals surface area contributed by atoms with E-state index in [1.54, 1.807) is 0 Å². The summed E-state index contributed by atoms with van der Waals surface area (Å²) in [6.07, 6.45) is 3.32. The molecule has 4 rings (SSSR count). The van der Waals surface area contributed by atoms with Crippen LogP contribution in [0.15, 0.2) is 48.5 Å². The number of likely N-dealkylation sites (tertiary alicyclic amines) is 1. The molecule has 1 amide bonds. The molecule has 0 N–H and O–H groups in total. The quantitative estimate of drug-likeness (QED) is 0.758. The Bertz CT molecular complexity index is 785. The van der Waals surface area contributed by atoms with Crippen molar-refractivity contribution in [3.8, 4) is 0 Å². The molecule has 5 heteroatoms. The van der Waals surface area contributed by atoms with Gasteiger partial charge >= 0.3 is 0 Å². The highest BCUT2D eigenvalue weighted by atomic mass is 35.5. The molecule has 4 nitrogen and oxygen atoms in total. The van der Waals surface area contributed by atoms with E-state index in [1.165, 1.54) is 5.56 Å². The Hall–Kier alpha value is -2.04. The fourth-order valence-electron chi connectivity index (χ4n) is 4.15. The Morgan fingerprint density at radius 1 is 0.929 bits per heavy atom. The molecule has 1 unspecified atom stereocenters. The van der Waals surface area contributed by atoms with Gasteiger partial charge < -0.3 is 14.5 Å². The molecule has 28 heavy (non-hydrogen) atoms. The summed E-state index contributed by atoms with van der Waals surface area (Å²) in [4.78, 5) is 17.5. The van der Waals surface area contributed by atoms with Gasteiger partial charge in [0.15, 0.2) is 0 Å². The van der Waals surface area contributed by atoms with Gasteiger partial charge in [0.2, 0.25) is 0 Å². The number of carbonyl (C=O) groups is 1. The molecule has 0 bridgehead atoms. The second-order valence-electron chi connectivity index (χ2n) is 7.64. The number of amides is 1. The van der Waals surface area contributed by atoms with E-state index in [9.17, 15) is 4.79 Å². The van der Waals surface area contributed by atoms with Crippen LogP contribution in [-0.4, -0.2) is 50.2 Å². The number of morpholine rings is 1. The van der Waals surface area contributed by atoms with Crippen molar-refractivity contribution in [1.29, 1.82) is 0 Å². The summed E-state index contributed by atoms with van der Waals surface area (Å²) in [6.45, 7) is 4.94. The lowest BCUT2D eigenvalue weighted by atomic mass is 9.94. The van der Waals surface area contributed by atoms with E-state index in [4.69, 9.17) is 16.3 Å². The van der Waals surface area contributed by atoms with Crippen molar-refractivity contribution in [3.05, 3.63) is 64.7 Å². The number of hydrogen-bond acceptors (Lipinski definition) is 3. The molecule has 2 aliphatic rings. The van der Waals surface area contributed by atoms with Gasteiger partial charge in [-0.3, -0.25) is 4.79 Å². The molecular weight excluding hydrogens is 372 g/mol. The highest BCUT2D eigenvalue weighted by molar-refractivity contribution is 6.30. The monoisotopic (exact) mass is 398 g/mol. The molecule has 2 aromatic rings. The predicted octanol–water partition coefficient (Wildman–Crippen LogP) is 4.59. The van der Waals surface area contributed by atoms with E-state index in [0.29, 0.717) is 5.92 Å². The lowest BCUT2D eigenvalue weighted by molar-refractivity contribution is 0.0754. The maximum absolute atomic E-state index is 13.1. The summed E-state index contributed by atoms with van der Waals surface area (Å²) in [6, 6.07) is 16.1. The molecule has 0 radical (unpaired) electrons. The minimum Gasteiger partial charge on any atom is -0.378 e. The third kappa shape index (κ3) is 4.50. The highest BCUT2D eigenvalue weighted by Gasteiger charge is 2.24. The first-order chi connectivity index (χ1) is 13.7. The van der Waals surface area contributed by atoms with Crippen LogP contribution in [-0.2, 0) is 4.74 Å². The van der Waals surface area contributed by atoms with Gasteiger partial charge in [0.25, 0.3) is 5.91 Å². The molecule has 0 aromatic heterocycles. The molecule has 0 spiro atoms. The molecule has 0 saturated carbocycles. The van der Waals surface area contributed by atoms with E-state index in [2.05, 4.69) is 29.2 Å². The molecule has 2 aromatic carbocycles. The van der Waals surface area contributed by atoms with E-state index in [0.717, 1.165) is 74.9 Å². The van der Waals surface area contributed by atoms with Crippen molar-refractivity contribution in [2.75, 3.05) is 44.3 Å². The van der Waals surface area contributed by atoms with Crippen molar-refractivity contribution in [1.82, 2.24) is 4.90 Å². The molecule has 0 aliphatic carbocycles. The molecule has 2 saturated heterocycles. The van der Waals surface area contributed by atoms with Crippen molar-refractivity contribution < 1.29 is 9.53 Å². The first kappa shape index (κ1) is 19.3. The predicted molar refractivity (Wildman–Crippen MR) is 113 cm³/mol. The molecule has 2 aliphatic heterocycles. The lowest BCUT2D eigenvalue weighted by Crippen LogP contribution is -2.36. The lowest BCUT2D eigenvalue weighted by Gasteiger charge is -2.29. The van der Waals surface area contributed by atoms with Crippen molar-refractivity contribution in [3.63, 3.8) is 0 Å². The van der Waals surface area contributed by atoms with Gasteiger partial charge in [0.05, 0.1) is 13.2 Å². The Morgan fingerprint density at radius 2 is 1.64 bits per heavy atom. The Morgan fingerprint density at radius 3 is 2.36 bits per heavy atom. The SMILES string of the molecule is O=C(c1ccc(N2CCOCC2)cc1)N1CCCCC(c2ccc(Cl)cc2)C1. The van der Waals surface area contributed by atoms with Gasteiger partial charge in [-0.2, -0.15) is 0 Å². The standard InChI is InChI=1S/C23H27ClN2O2/c24-21-8-4-18(5-9-21)20-3-1-2-12-26(17-20)23(27)19-6-10-22(11-7-19)25-13-15-28-16-14-25/h4-11,20H,1-3,12-17H2. The van der Waals surface area contributed by atoms with Gasteiger partial charge in [-0.25, -0.2) is 0 Å². The van der Waals surface area contributed by atoms with Crippen molar-refractivity contribution in [2.24, 2.45) is 0 Å². The number of benzene rings is 2. The van der Waals surface area contributed by atoms with E-state index >= 15 is 0 Å². The van der Waals surface area contributed by atoms with Crippen LogP contribution in [0.5, 0.6) is 0 Å². The number of rotatable bonds is 3. The summed E-state index contributed by atoms with van der Waals surface area (Å²) in [5, 5.41) is 0.755. The summed E-state index contributed by atoms with van der Waals surface area (Å²) in [7, 11) is 0. The topological polar surface area (TPSA) is 32.8 Å². The molecule has 2 fully saturated rings. The van der Waals surface area contributed by atoms with Crippen LogP contribution in [0.1, 0.15) is 41.1 Å². The maximum Gasteiger partial charge on any atom is 0.253 e. The first-order valence-corrected chi connectivity index (χ1v) is 10.6. The third-order valence-corrected chi connectivity index (χ3v) is 6.04. The molecule has 1 atom stereocenters. The average Bonchev–Trinajstić information content (AvgIpc) is 3.01. The van der Waals surface area contributed by atoms with Gasteiger partial charge in [-0.1, -0.05) is 30.2 Å². The normalized spacial score (nSPS) is 20.7. The Kier molecular flexibility index (Phi) is 6.18. The highest BCUT2D eigenvalue weighted by Crippen LogP contribution is 2.28. The van der Waals surface area contributed by atoms with Gasteiger partial charge in [-0.15, -0.1) is 0 Å². The van der Waals surface area contributed by atoms with Crippen molar-refractivity contribution in [2.45, 2.75) is 25.2 Å². The third-order valence-electron chi connectivity index (χ3n) is 5.79. The second kappa shape index (κ2) is 8.97. The van der Waals surface area contributed by atoms with Crippen LogP contribution in [0.2, 0.25) is 5.02 Å². The zero-order valence-corrected chi connectivity index (χ0v) is 16.9. The number of anilines is 1. The van der Waals surface area contributed by atoms with Crippen LogP contribution >= 0.6 is 11.6 Å². The Labute approximate surface area is 172 Å². The first-order valence-electron chi connectivity index (χ1n) is 10.2. The number of hydrogen-bond donors (Lipinski definition) is 0. The summed E-state index contributed by atoms with van der Waals surface area (Å²) >= 11 is 6.04. The number of halogens is 1. The van der Waals surface area contributed by atoms with Crippen LogP contribution in [0.4, 0.5) is 5.69 Å². The minimum atomic E-state index is 0.134. The van der Waals surface area contributed by atoms with E-state index in [1.807, 2.05) is 29.2 Å². The zero-order chi connectivity index (χ0) is 19.3. The second-order valence-corrected chi connectivity index (χ2v) is 8.08. The summed E-state index contributed by atoms with van der Waals surface area (Å²) < 4.78 is 5.42. The van der Waals surface area contributed by atoms with Crippen molar-refractivity contribution >= 4 is 23.2 Å². The number of nitrogens with zero attached hydrogens (tertiary/aromatic N) is 2. The fraction of sp³-hybridized carbons (Fsp3) is 0.435. The molecular formula is C23H27ClN2O2. The maximum atomic E-state index is 13.1. The van der Waals surface area contributed by atoms with Gasteiger partial charge in [0.1, 0.15) is 0 Å². The van der Waals surface area contributed by atoms with E-state index < -0.39 is 0 Å². The van der Waals surface area contributed by atoms with Crippen LogP contribution in [0.25, 0.3) is 0 Å². The molecule has 148 valence electrons. The van der Waals surface area contributed by atoms with Crippen LogP contribution in [0, 0.1) is 0 Å². The summed E-state index contributed by atoms with van der Waals surface area (Å²) in [5.74, 6) is 0.505. The van der Waals surface area contributed by atoms with Gasteiger partial charge in [0, 0.05) is 48.4 Å².